The van der Waals surface area contributed by atoms with Crippen LogP contribution in [0.4, 0.5) is 0 Å². The van der Waals surface area contributed by atoms with Crippen molar-refractivity contribution in [3.05, 3.63) is 35.1 Å². The van der Waals surface area contributed by atoms with E-state index in [-0.39, 0.29) is 23.7 Å². The van der Waals surface area contributed by atoms with Crippen LogP contribution in [0.1, 0.15) is 45.2 Å². The molecule has 1 aromatic rings. The van der Waals surface area contributed by atoms with Crippen LogP contribution < -0.4 is 9.47 Å². The summed E-state index contributed by atoms with van der Waals surface area (Å²) in [6.45, 7) is 7.48. The van der Waals surface area contributed by atoms with Crippen molar-refractivity contribution in [2.75, 3.05) is 40.9 Å². The Hall–Kier alpha value is -2.54. The quantitative estimate of drug-likeness (QED) is 0.594. The zero-order chi connectivity index (χ0) is 22.4. The first kappa shape index (κ1) is 23.7. The molecule has 1 aliphatic rings. The number of hydrogen-bond acceptors (Lipinski definition) is 6. The minimum absolute atomic E-state index is 0.117. The predicted octanol–water partition coefficient (Wildman–Crippen LogP) is 3.36. The van der Waals surface area contributed by atoms with E-state index in [0.29, 0.717) is 30.2 Å². The Morgan fingerprint density at radius 3 is 2.53 bits per heavy atom. The summed E-state index contributed by atoms with van der Waals surface area (Å²) in [4.78, 5) is 29.5. The zero-order valence-corrected chi connectivity index (χ0v) is 18.9. The summed E-state index contributed by atoms with van der Waals surface area (Å²) in [6, 6.07) is 4.74. The van der Waals surface area contributed by atoms with E-state index >= 15 is 0 Å². The summed E-state index contributed by atoms with van der Waals surface area (Å²) in [5.41, 5.74) is 0.884. The van der Waals surface area contributed by atoms with Crippen molar-refractivity contribution < 1.29 is 24.2 Å². The van der Waals surface area contributed by atoms with Gasteiger partial charge in [-0.2, -0.15) is 0 Å². The van der Waals surface area contributed by atoms with Gasteiger partial charge in [0.2, 0.25) is 0 Å². The molecule has 30 heavy (non-hydrogen) atoms. The van der Waals surface area contributed by atoms with Crippen LogP contribution in [0.3, 0.4) is 0 Å². The second kappa shape index (κ2) is 10.5. The minimum Gasteiger partial charge on any atom is -0.503 e. The highest BCUT2D eigenvalue weighted by Crippen LogP contribution is 2.41. The lowest BCUT2D eigenvalue weighted by Crippen LogP contribution is -2.33. The van der Waals surface area contributed by atoms with E-state index in [9.17, 15) is 14.7 Å². The van der Waals surface area contributed by atoms with E-state index in [4.69, 9.17) is 9.47 Å². The molecule has 1 unspecified atom stereocenters. The van der Waals surface area contributed by atoms with Crippen LogP contribution in [0, 0.1) is 5.92 Å². The third kappa shape index (κ3) is 5.33. The first-order chi connectivity index (χ1) is 14.2. The van der Waals surface area contributed by atoms with Crippen molar-refractivity contribution in [2.24, 2.45) is 5.92 Å². The van der Waals surface area contributed by atoms with Gasteiger partial charge in [0.15, 0.2) is 23.0 Å². The van der Waals surface area contributed by atoms with Gasteiger partial charge in [-0.25, -0.2) is 0 Å². The van der Waals surface area contributed by atoms with Crippen LogP contribution in [-0.2, 0) is 9.59 Å². The molecular formula is C23H34N2O5. The molecule has 0 aromatic heterocycles. The topological polar surface area (TPSA) is 79.3 Å². The number of carbonyl (C=O) groups is 2. The molecule has 0 saturated heterocycles. The van der Waals surface area contributed by atoms with Gasteiger partial charge in [-0.3, -0.25) is 9.59 Å². The number of amides is 1. The lowest BCUT2D eigenvalue weighted by atomic mass is 9.92. The van der Waals surface area contributed by atoms with Crippen LogP contribution in [0.2, 0.25) is 0 Å². The summed E-state index contributed by atoms with van der Waals surface area (Å²) in [6.07, 6.45) is 0.991. The fraction of sp³-hybridized carbons (Fsp3) is 0.565. The van der Waals surface area contributed by atoms with Gasteiger partial charge in [0.1, 0.15) is 0 Å². The number of aliphatic hydroxyl groups excluding tert-OH is 1. The number of rotatable bonds is 11. The van der Waals surface area contributed by atoms with E-state index in [2.05, 4.69) is 0 Å². The molecule has 7 nitrogen and oxygen atoms in total. The lowest BCUT2D eigenvalue weighted by molar-refractivity contribution is -0.129. The van der Waals surface area contributed by atoms with Crippen molar-refractivity contribution in [3.8, 4) is 11.5 Å². The Morgan fingerprint density at radius 1 is 1.27 bits per heavy atom. The Morgan fingerprint density at radius 2 is 1.97 bits per heavy atom. The number of aliphatic hydroxyl groups is 1. The van der Waals surface area contributed by atoms with Crippen LogP contribution >= 0.6 is 0 Å². The molecule has 0 fully saturated rings. The third-order valence-electron chi connectivity index (χ3n) is 5.01. The third-order valence-corrected chi connectivity index (χ3v) is 5.01. The second-order valence-electron chi connectivity index (χ2n) is 8.18. The number of nitrogens with zero attached hydrogens (tertiary/aromatic N) is 2. The Kier molecular flexibility index (Phi) is 8.29. The highest BCUT2D eigenvalue weighted by Gasteiger charge is 2.43. The average molecular weight is 419 g/mol. The maximum Gasteiger partial charge on any atom is 0.290 e. The number of ether oxygens (including phenoxy) is 2. The zero-order valence-electron chi connectivity index (χ0n) is 18.9. The number of carbonyl (C=O) groups excluding carboxylic acids is 2. The smallest absolute Gasteiger partial charge is 0.290 e. The van der Waals surface area contributed by atoms with Crippen molar-refractivity contribution in [1.82, 2.24) is 9.80 Å². The Labute approximate surface area is 179 Å². The Balaban J connectivity index is 2.48. The van der Waals surface area contributed by atoms with Gasteiger partial charge in [0.25, 0.3) is 5.91 Å². The maximum atomic E-state index is 13.0. The summed E-state index contributed by atoms with van der Waals surface area (Å²) in [5, 5.41) is 10.6. The molecule has 1 atom stereocenters. The standard InChI is InChI=1S/C23H34N2O5/c1-7-30-18-10-9-16(14-19(18)29-6)21-20(17(26)13-15(2)3)22(27)23(28)25(21)12-8-11-24(4)5/h9-10,14-15,21,27H,7-8,11-13H2,1-6H3. The van der Waals surface area contributed by atoms with Crippen LogP contribution in [0.25, 0.3) is 0 Å². The predicted molar refractivity (Wildman–Crippen MR) is 116 cm³/mol. The van der Waals surface area contributed by atoms with Crippen LogP contribution in [0.15, 0.2) is 29.5 Å². The SMILES string of the molecule is CCOc1ccc(C2C(C(=O)CC(C)C)=C(O)C(=O)N2CCCN(C)C)cc1OC. The average Bonchev–Trinajstić information content (AvgIpc) is 2.93. The Bertz CT molecular complexity index is 801. The van der Waals surface area contributed by atoms with Gasteiger partial charge in [0, 0.05) is 13.0 Å². The summed E-state index contributed by atoms with van der Waals surface area (Å²) in [5.74, 6) is 0.0877. The van der Waals surface area contributed by atoms with Crippen LogP contribution in [0.5, 0.6) is 11.5 Å². The summed E-state index contributed by atoms with van der Waals surface area (Å²) < 4.78 is 11.1. The molecule has 166 valence electrons. The molecule has 7 heteroatoms. The summed E-state index contributed by atoms with van der Waals surface area (Å²) in [7, 11) is 5.48. The number of Topliss-reactive ketones (excluding diaryl/α,β-unsaturated/α-hetero) is 1. The van der Waals surface area contributed by atoms with Crippen molar-refractivity contribution in [1.29, 1.82) is 0 Å². The first-order valence-corrected chi connectivity index (χ1v) is 10.4. The van der Waals surface area contributed by atoms with Crippen LogP contribution in [-0.4, -0.2) is 67.5 Å². The van der Waals surface area contributed by atoms with E-state index < -0.39 is 17.7 Å². The van der Waals surface area contributed by atoms with E-state index in [1.165, 1.54) is 0 Å². The van der Waals surface area contributed by atoms with Gasteiger partial charge in [0.05, 0.1) is 25.3 Å². The van der Waals surface area contributed by atoms with Crippen molar-refractivity contribution in [2.45, 2.75) is 39.7 Å². The van der Waals surface area contributed by atoms with Crippen molar-refractivity contribution >= 4 is 11.7 Å². The molecule has 1 heterocycles. The number of hydrogen-bond donors (Lipinski definition) is 1. The largest absolute Gasteiger partial charge is 0.503 e. The van der Waals surface area contributed by atoms with Gasteiger partial charge in [-0.05, 0) is 57.6 Å². The number of ketones is 1. The molecule has 0 spiro atoms. The summed E-state index contributed by atoms with van der Waals surface area (Å²) >= 11 is 0. The number of methoxy groups -OCH3 is 1. The molecule has 0 saturated carbocycles. The molecule has 1 amide bonds. The fourth-order valence-electron chi connectivity index (χ4n) is 3.68. The highest BCUT2D eigenvalue weighted by molar-refractivity contribution is 6.09. The highest BCUT2D eigenvalue weighted by atomic mass is 16.5. The lowest BCUT2D eigenvalue weighted by Gasteiger charge is -2.28. The van der Waals surface area contributed by atoms with Gasteiger partial charge in [-0.1, -0.05) is 19.9 Å². The van der Waals surface area contributed by atoms with Gasteiger partial charge in [-0.15, -0.1) is 0 Å². The normalized spacial score (nSPS) is 16.7. The monoisotopic (exact) mass is 418 g/mol. The minimum atomic E-state index is -0.643. The molecule has 1 aromatic carbocycles. The molecular weight excluding hydrogens is 384 g/mol. The molecule has 0 bridgehead atoms. The maximum absolute atomic E-state index is 13.0. The molecule has 0 aliphatic carbocycles. The molecule has 1 N–H and O–H groups in total. The fourth-order valence-corrected chi connectivity index (χ4v) is 3.68. The van der Waals surface area contributed by atoms with Crippen molar-refractivity contribution in [3.63, 3.8) is 0 Å². The molecule has 0 radical (unpaired) electrons. The van der Waals surface area contributed by atoms with Gasteiger partial charge >= 0.3 is 0 Å². The molecule has 2 rings (SSSR count). The first-order valence-electron chi connectivity index (χ1n) is 10.4. The van der Waals surface area contributed by atoms with E-state index in [0.717, 1.165) is 13.0 Å². The van der Waals surface area contributed by atoms with E-state index in [1.54, 1.807) is 24.1 Å². The van der Waals surface area contributed by atoms with E-state index in [1.807, 2.05) is 45.8 Å². The molecule has 1 aliphatic heterocycles. The number of benzene rings is 1. The van der Waals surface area contributed by atoms with Gasteiger partial charge < -0.3 is 24.4 Å². The second-order valence-corrected chi connectivity index (χ2v) is 8.18.